The Morgan fingerprint density at radius 1 is 1.18 bits per heavy atom. The summed E-state index contributed by atoms with van der Waals surface area (Å²) < 4.78 is 5.35. The predicted octanol–water partition coefficient (Wildman–Crippen LogP) is 2.12. The van der Waals surface area contributed by atoms with Gasteiger partial charge in [0.1, 0.15) is 5.69 Å². The van der Waals surface area contributed by atoms with Gasteiger partial charge in [-0.25, -0.2) is 0 Å². The van der Waals surface area contributed by atoms with Crippen molar-refractivity contribution < 1.29 is 4.74 Å². The number of morpholine rings is 1. The molecule has 0 radical (unpaired) electrons. The highest BCUT2D eigenvalue weighted by Gasteiger charge is 2.09. The van der Waals surface area contributed by atoms with Crippen molar-refractivity contribution in [2.24, 2.45) is 0 Å². The molecule has 6 nitrogen and oxygen atoms in total. The van der Waals surface area contributed by atoms with E-state index in [9.17, 15) is 0 Å². The van der Waals surface area contributed by atoms with Crippen LogP contribution in [0.25, 0.3) is 10.7 Å². The third-order valence-electron chi connectivity index (χ3n) is 3.59. The molecular formula is C15H21N5OS. The fourth-order valence-corrected chi connectivity index (χ4v) is 3.11. The second kappa shape index (κ2) is 8.17. The first-order valence-electron chi connectivity index (χ1n) is 7.71. The molecule has 1 fully saturated rings. The predicted molar refractivity (Wildman–Crippen MR) is 88.1 cm³/mol. The number of nitrogens with one attached hydrogen (secondary N) is 1. The lowest BCUT2D eigenvalue weighted by molar-refractivity contribution is 0.0373. The van der Waals surface area contributed by atoms with Gasteiger partial charge in [-0.2, -0.15) is 0 Å². The molecule has 2 aromatic heterocycles. The minimum atomic E-state index is 0.858. The highest BCUT2D eigenvalue weighted by molar-refractivity contribution is 7.18. The first-order valence-corrected chi connectivity index (χ1v) is 8.52. The van der Waals surface area contributed by atoms with Crippen molar-refractivity contribution in [3.63, 3.8) is 0 Å². The Labute approximate surface area is 134 Å². The standard InChI is InChI=1S/C15H21N5OS/c1-2-6-16-13(5-1)14-18-19-15(22-14)17-7-3-4-8-20-9-11-21-12-10-20/h1-2,5-6H,3-4,7-12H2,(H,17,19). The minimum Gasteiger partial charge on any atom is -0.379 e. The van der Waals surface area contributed by atoms with E-state index >= 15 is 0 Å². The molecule has 0 aromatic carbocycles. The van der Waals surface area contributed by atoms with Crippen molar-refractivity contribution in [2.45, 2.75) is 12.8 Å². The summed E-state index contributed by atoms with van der Waals surface area (Å²) in [4.78, 5) is 6.75. The number of hydrogen-bond acceptors (Lipinski definition) is 7. The maximum atomic E-state index is 5.35. The number of unbranched alkanes of at least 4 members (excludes halogenated alkanes) is 1. The summed E-state index contributed by atoms with van der Waals surface area (Å²) in [5, 5.41) is 13.4. The van der Waals surface area contributed by atoms with Gasteiger partial charge in [0, 0.05) is 25.8 Å². The van der Waals surface area contributed by atoms with Gasteiger partial charge in [0.15, 0.2) is 5.01 Å². The van der Waals surface area contributed by atoms with Crippen LogP contribution in [0, 0.1) is 0 Å². The summed E-state index contributed by atoms with van der Waals surface area (Å²) in [5.74, 6) is 0. The van der Waals surface area contributed by atoms with Gasteiger partial charge in [-0.05, 0) is 31.5 Å². The molecule has 1 aliphatic rings. The molecule has 3 rings (SSSR count). The van der Waals surface area contributed by atoms with E-state index in [2.05, 4.69) is 25.4 Å². The molecule has 118 valence electrons. The van der Waals surface area contributed by atoms with E-state index in [-0.39, 0.29) is 0 Å². The van der Waals surface area contributed by atoms with Gasteiger partial charge >= 0.3 is 0 Å². The Morgan fingerprint density at radius 3 is 2.91 bits per heavy atom. The van der Waals surface area contributed by atoms with Gasteiger partial charge in [-0.1, -0.05) is 17.4 Å². The van der Waals surface area contributed by atoms with Crippen LogP contribution in [0.15, 0.2) is 24.4 Å². The largest absolute Gasteiger partial charge is 0.379 e. The summed E-state index contributed by atoms with van der Waals surface area (Å²) in [5.41, 5.74) is 0.875. The van der Waals surface area contributed by atoms with Crippen LogP contribution in [0.5, 0.6) is 0 Å². The molecule has 3 heterocycles. The fraction of sp³-hybridized carbons (Fsp3) is 0.533. The molecule has 0 saturated carbocycles. The molecule has 0 bridgehead atoms. The summed E-state index contributed by atoms with van der Waals surface area (Å²) >= 11 is 1.55. The van der Waals surface area contributed by atoms with Crippen LogP contribution in [-0.4, -0.2) is 59.5 Å². The van der Waals surface area contributed by atoms with Crippen LogP contribution < -0.4 is 5.32 Å². The zero-order chi connectivity index (χ0) is 15.0. The Balaban J connectivity index is 1.36. The lowest BCUT2D eigenvalue weighted by atomic mass is 10.3. The molecule has 0 spiro atoms. The lowest BCUT2D eigenvalue weighted by Crippen LogP contribution is -2.36. The number of aromatic nitrogens is 3. The van der Waals surface area contributed by atoms with E-state index in [4.69, 9.17) is 4.74 Å². The van der Waals surface area contributed by atoms with Crippen LogP contribution in [-0.2, 0) is 4.74 Å². The molecule has 7 heteroatoms. The van der Waals surface area contributed by atoms with E-state index in [0.717, 1.165) is 61.6 Å². The zero-order valence-corrected chi connectivity index (χ0v) is 13.4. The molecule has 0 unspecified atom stereocenters. The maximum absolute atomic E-state index is 5.35. The summed E-state index contributed by atoms with van der Waals surface area (Å²) in [6, 6.07) is 5.81. The van der Waals surface area contributed by atoms with Crippen molar-refractivity contribution in [3.05, 3.63) is 24.4 Å². The van der Waals surface area contributed by atoms with E-state index < -0.39 is 0 Å². The van der Waals surface area contributed by atoms with Gasteiger partial charge < -0.3 is 10.1 Å². The second-order valence-electron chi connectivity index (χ2n) is 5.22. The van der Waals surface area contributed by atoms with Crippen molar-refractivity contribution in [2.75, 3.05) is 44.7 Å². The molecule has 0 atom stereocenters. The van der Waals surface area contributed by atoms with Crippen molar-refractivity contribution in [1.82, 2.24) is 20.1 Å². The number of anilines is 1. The molecule has 1 N–H and O–H groups in total. The normalized spacial score (nSPS) is 15.8. The average molecular weight is 319 g/mol. The lowest BCUT2D eigenvalue weighted by Gasteiger charge is -2.26. The third kappa shape index (κ3) is 4.46. The SMILES string of the molecule is c1ccc(-c2nnc(NCCCCN3CCOCC3)s2)nc1. The van der Waals surface area contributed by atoms with Crippen molar-refractivity contribution in [3.8, 4) is 10.7 Å². The second-order valence-corrected chi connectivity index (χ2v) is 6.19. The van der Waals surface area contributed by atoms with Gasteiger partial charge in [-0.15, -0.1) is 10.2 Å². The van der Waals surface area contributed by atoms with Gasteiger partial charge in [0.05, 0.1) is 13.2 Å². The van der Waals surface area contributed by atoms with Crippen LogP contribution in [0.2, 0.25) is 0 Å². The Morgan fingerprint density at radius 2 is 2.09 bits per heavy atom. The van der Waals surface area contributed by atoms with Gasteiger partial charge in [-0.3, -0.25) is 9.88 Å². The zero-order valence-electron chi connectivity index (χ0n) is 12.6. The fourth-order valence-electron chi connectivity index (χ4n) is 2.37. The highest BCUT2D eigenvalue weighted by atomic mass is 32.1. The molecule has 22 heavy (non-hydrogen) atoms. The number of ether oxygens (including phenoxy) is 1. The van der Waals surface area contributed by atoms with Crippen molar-refractivity contribution >= 4 is 16.5 Å². The summed E-state index contributed by atoms with van der Waals surface area (Å²) in [7, 11) is 0. The first kappa shape index (κ1) is 15.3. The van der Waals surface area contributed by atoms with Crippen LogP contribution >= 0.6 is 11.3 Å². The monoisotopic (exact) mass is 319 g/mol. The number of rotatable bonds is 7. The van der Waals surface area contributed by atoms with Crippen LogP contribution in [0.1, 0.15) is 12.8 Å². The molecular weight excluding hydrogens is 298 g/mol. The summed E-state index contributed by atoms with van der Waals surface area (Å²) in [6.07, 6.45) is 4.10. The number of hydrogen-bond donors (Lipinski definition) is 1. The number of nitrogens with zero attached hydrogens (tertiary/aromatic N) is 4. The smallest absolute Gasteiger partial charge is 0.206 e. The average Bonchev–Trinajstić information content (AvgIpc) is 3.05. The molecule has 1 aliphatic heterocycles. The third-order valence-corrected chi connectivity index (χ3v) is 4.49. The maximum Gasteiger partial charge on any atom is 0.206 e. The van der Waals surface area contributed by atoms with E-state index in [1.54, 1.807) is 17.5 Å². The van der Waals surface area contributed by atoms with Crippen LogP contribution in [0.4, 0.5) is 5.13 Å². The summed E-state index contributed by atoms with van der Waals surface area (Å²) in [6.45, 7) is 5.97. The minimum absolute atomic E-state index is 0.858. The molecule has 1 saturated heterocycles. The Bertz CT molecular complexity index is 556. The van der Waals surface area contributed by atoms with Crippen molar-refractivity contribution in [1.29, 1.82) is 0 Å². The van der Waals surface area contributed by atoms with Gasteiger partial charge in [0.2, 0.25) is 5.13 Å². The van der Waals surface area contributed by atoms with Crippen LogP contribution in [0.3, 0.4) is 0 Å². The topological polar surface area (TPSA) is 63.2 Å². The van der Waals surface area contributed by atoms with E-state index in [1.165, 1.54) is 6.42 Å². The molecule has 0 amide bonds. The quantitative estimate of drug-likeness (QED) is 0.789. The van der Waals surface area contributed by atoms with E-state index in [0.29, 0.717) is 0 Å². The first-order chi connectivity index (χ1) is 10.9. The Kier molecular flexibility index (Phi) is 5.69. The molecule has 0 aliphatic carbocycles. The highest BCUT2D eigenvalue weighted by Crippen LogP contribution is 2.24. The van der Waals surface area contributed by atoms with E-state index in [1.807, 2.05) is 18.2 Å². The Hall–Kier alpha value is -1.57. The number of pyridine rings is 1. The van der Waals surface area contributed by atoms with Gasteiger partial charge in [0.25, 0.3) is 0 Å². The molecule has 2 aromatic rings.